The smallest absolute Gasteiger partial charge is 0.0931 e. The monoisotopic (exact) mass is 160 g/mol. The average molecular weight is 160 g/mol. The number of hydrogen-bond donors (Lipinski definition) is 1. The second kappa shape index (κ2) is 2.97. The minimum absolute atomic E-state index is 1.07. The van der Waals surface area contributed by atoms with Crippen molar-refractivity contribution in [2.45, 2.75) is 19.8 Å². The van der Waals surface area contributed by atoms with Crippen LogP contribution >= 0.6 is 0 Å². The molecule has 0 spiro atoms. The summed E-state index contributed by atoms with van der Waals surface area (Å²) in [6, 6.07) is 6.40. The molecule has 0 atom stereocenters. The van der Waals surface area contributed by atoms with Crippen LogP contribution in [0.15, 0.2) is 24.5 Å². The van der Waals surface area contributed by atoms with Gasteiger partial charge in [-0.2, -0.15) is 0 Å². The molecular formula is C10H12N2. The molecule has 62 valence electrons. The number of imidazole rings is 1. The molecule has 0 unspecified atom stereocenters. The Hall–Kier alpha value is -1.31. The standard InChI is InChI=1S/C10H12N2/c1-2-3-8-4-5-9-10(6-8)12-7-11-9/h4-7H,2-3H2,1H3,(H,11,12). The lowest BCUT2D eigenvalue weighted by molar-refractivity contribution is 0.923. The third-order valence-electron chi connectivity index (χ3n) is 2.02. The summed E-state index contributed by atoms with van der Waals surface area (Å²) in [6.07, 6.45) is 4.07. The zero-order valence-electron chi connectivity index (χ0n) is 7.17. The largest absolute Gasteiger partial charge is 0.345 e. The predicted molar refractivity (Wildman–Crippen MR) is 50.1 cm³/mol. The Morgan fingerprint density at radius 3 is 3.17 bits per heavy atom. The van der Waals surface area contributed by atoms with E-state index < -0.39 is 0 Å². The van der Waals surface area contributed by atoms with Crippen LogP contribution in [0.4, 0.5) is 0 Å². The van der Waals surface area contributed by atoms with Crippen molar-refractivity contribution in [3.8, 4) is 0 Å². The molecule has 0 aliphatic rings. The molecular weight excluding hydrogens is 148 g/mol. The Labute approximate surface area is 71.6 Å². The first-order chi connectivity index (χ1) is 5.90. The van der Waals surface area contributed by atoms with Crippen LogP contribution in [0.2, 0.25) is 0 Å². The van der Waals surface area contributed by atoms with E-state index in [0.29, 0.717) is 0 Å². The zero-order valence-corrected chi connectivity index (χ0v) is 7.17. The van der Waals surface area contributed by atoms with E-state index in [4.69, 9.17) is 0 Å². The molecule has 2 aromatic rings. The number of aromatic nitrogens is 2. The fourth-order valence-corrected chi connectivity index (χ4v) is 1.42. The summed E-state index contributed by atoms with van der Waals surface area (Å²) >= 11 is 0. The number of rotatable bonds is 2. The van der Waals surface area contributed by atoms with Gasteiger partial charge in [-0.3, -0.25) is 0 Å². The molecule has 0 saturated heterocycles. The summed E-state index contributed by atoms with van der Waals surface area (Å²) in [4.78, 5) is 7.28. The number of aromatic amines is 1. The molecule has 2 nitrogen and oxygen atoms in total. The summed E-state index contributed by atoms with van der Waals surface area (Å²) in [5.74, 6) is 0. The molecule has 0 aliphatic heterocycles. The Morgan fingerprint density at radius 2 is 2.33 bits per heavy atom. The number of benzene rings is 1. The van der Waals surface area contributed by atoms with Gasteiger partial charge in [-0.1, -0.05) is 19.4 Å². The fraction of sp³-hybridized carbons (Fsp3) is 0.300. The minimum atomic E-state index is 1.07. The molecule has 0 bridgehead atoms. The molecule has 0 fully saturated rings. The zero-order chi connectivity index (χ0) is 8.39. The normalized spacial score (nSPS) is 10.8. The van der Waals surface area contributed by atoms with E-state index in [1.807, 2.05) is 0 Å². The highest BCUT2D eigenvalue weighted by Crippen LogP contribution is 2.12. The molecule has 0 aliphatic carbocycles. The first-order valence-corrected chi connectivity index (χ1v) is 4.32. The van der Waals surface area contributed by atoms with Gasteiger partial charge >= 0.3 is 0 Å². The van der Waals surface area contributed by atoms with Crippen molar-refractivity contribution in [3.63, 3.8) is 0 Å². The maximum Gasteiger partial charge on any atom is 0.0931 e. The topological polar surface area (TPSA) is 28.7 Å². The maximum absolute atomic E-state index is 4.21. The van der Waals surface area contributed by atoms with Crippen molar-refractivity contribution in [2.24, 2.45) is 0 Å². The van der Waals surface area contributed by atoms with Gasteiger partial charge in [0.1, 0.15) is 0 Å². The third kappa shape index (κ3) is 1.20. The number of fused-ring (bicyclic) bond motifs is 1. The summed E-state index contributed by atoms with van der Waals surface area (Å²) in [7, 11) is 0. The van der Waals surface area contributed by atoms with Gasteiger partial charge in [0, 0.05) is 0 Å². The molecule has 1 aromatic carbocycles. The molecule has 1 heterocycles. The number of H-pyrrole nitrogens is 1. The molecule has 2 rings (SSSR count). The van der Waals surface area contributed by atoms with E-state index in [1.54, 1.807) is 6.33 Å². The lowest BCUT2D eigenvalue weighted by Crippen LogP contribution is -1.81. The Kier molecular flexibility index (Phi) is 1.82. The highest BCUT2D eigenvalue weighted by Gasteiger charge is 1.96. The van der Waals surface area contributed by atoms with Crippen molar-refractivity contribution in [1.29, 1.82) is 0 Å². The van der Waals surface area contributed by atoms with E-state index in [1.165, 1.54) is 12.0 Å². The minimum Gasteiger partial charge on any atom is -0.345 e. The van der Waals surface area contributed by atoms with Crippen LogP contribution in [0, 0.1) is 0 Å². The van der Waals surface area contributed by atoms with Crippen LogP contribution in [-0.4, -0.2) is 9.97 Å². The van der Waals surface area contributed by atoms with Gasteiger partial charge in [0.15, 0.2) is 0 Å². The lowest BCUT2D eigenvalue weighted by atomic mass is 10.1. The second-order valence-corrected chi connectivity index (χ2v) is 3.00. The number of hydrogen-bond acceptors (Lipinski definition) is 1. The molecule has 0 amide bonds. The van der Waals surface area contributed by atoms with E-state index in [2.05, 4.69) is 35.1 Å². The summed E-state index contributed by atoms with van der Waals surface area (Å²) in [5.41, 5.74) is 3.56. The number of nitrogens with one attached hydrogen (secondary N) is 1. The molecule has 12 heavy (non-hydrogen) atoms. The molecule has 1 N–H and O–H groups in total. The Bertz CT molecular complexity index is 376. The Balaban J connectivity index is 2.46. The summed E-state index contributed by atoms with van der Waals surface area (Å²) < 4.78 is 0. The van der Waals surface area contributed by atoms with E-state index in [0.717, 1.165) is 17.5 Å². The molecule has 2 heteroatoms. The highest BCUT2D eigenvalue weighted by atomic mass is 14.9. The van der Waals surface area contributed by atoms with Gasteiger partial charge in [0.25, 0.3) is 0 Å². The van der Waals surface area contributed by atoms with Crippen LogP contribution in [0.25, 0.3) is 11.0 Å². The van der Waals surface area contributed by atoms with Crippen LogP contribution in [0.3, 0.4) is 0 Å². The lowest BCUT2D eigenvalue weighted by Gasteiger charge is -1.96. The van der Waals surface area contributed by atoms with Crippen LogP contribution < -0.4 is 0 Å². The van der Waals surface area contributed by atoms with Gasteiger partial charge < -0.3 is 4.98 Å². The average Bonchev–Trinajstić information content (AvgIpc) is 2.51. The van der Waals surface area contributed by atoms with E-state index >= 15 is 0 Å². The first-order valence-electron chi connectivity index (χ1n) is 4.32. The van der Waals surface area contributed by atoms with Crippen molar-refractivity contribution in [3.05, 3.63) is 30.1 Å². The SMILES string of the molecule is CCCc1ccc2[nH]cnc2c1. The third-order valence-corrected chi connectivity index (χ3v) is 2.02. The van der Waals surface area contributed by atoms with Gasteiger partial charge in [0.2, 0.25) is 0 Å². The Morgan fingerprint density at radius 1 is 1.42 bits per heavy atom. The van der Waals surface area contributed by atoms with Crippen LogP contribution in [0.5, 0.6) is 0 Å². The van der Waals surface area contributed by atoms with E-state index in [9.17, 15) is 0 Å². The number of aryl methyl sites for hydroxylation is 1. The van der Waals surface area contributed by atoms with Crippen molar-refractivity contribution in [1.82, 2.24) is 9.97 Å². The summed E-state index contributed by atoms with van der Waals surface area (Å²) in [5, 5.41) is 0. The van der Waals surface area contributed by atoms with Crippen molar-refractivity contribution in [2.75, 3.05) is 0 Å². The summed E-state index contributed by atoms with van der Waals surface area (Å²) in [6.45, 7) is 2.19. The highest BCUT2D eigenvalue weighted by molar-refractivity contribution is 5.74. The molecule has 0 saturated carbocycles. The van der Waals surface area contributed by atoms with Gasteiger partial charge in [-0.05, 0) is 24.1 Å². The van der Waals surface area contributed by atoms with Crippen LogP contribution in [0.1, 0.15) is 18.9 Å². The molecule has 1 aromatic heterocycles. The van der Waals surface area contributed by atoms with E-state index in [-0.39, 0.29) is 0 Å². The fourth-order valence-electron chi connectivity index (χ4n) is 1.42. The van der Waals surface area contributed by atoms with Gasteiger partial charge in [-0.15, -0.1) is 0 Å². The maximum atomic E-state index is 4.21. The first kappa shape index (κ1) is 7.35. The van der Waals surface area contributed by atoms with Crippen molar-refractivity contribution >= 4 is 11.0 Å². The second-order valence-electron chi connectivity index (χ2n) is 3.00. The van der Waals surface area contributed by atoms with Crippen LogP contribution in [-0.2, 0) is 6.42 Å². The number of nitrogens with zero attached hydrogens (tertiary/aromatic N) is 1. The van der Waals surface area contributed by atoms with Gasteiger partial charge in [0.05, 0.1) is 17.4 Å². The van der Waals surface area contributed by atoms with Gasteiger partial charge in [-0.25, -0.2) is 4.98 Å². The molecule has 0 radical (unpaired) electrons. The predicted octanol–water partition coefficient (Wildman–Crippen LogP) is 2.52. The van der Waals surface area contributed by atoms with Crippen molar-refractivity contribution < 1.29 is 0 Å². The quantitative estimate of drug-likeness (QED) is 0.718.